The summed E-state index contributed by atoms with van der Waals surface area (Å²) in [4.78, 5) is 53.9. The van der Waals surface area contributed by atoms with Crippen molar-refractivity contribution in [1.29, 1.82) is 0 Å². The number of ether oxygens (including phenoxy) is 1. The molecule has 0 aliphatic carbocycles. The van der Waals surface area contributed by atoms with Crippen molar-refractivity contribution in [2.75, 3.05) is 26.3 Å². The van der Waals surface area contributed by atoms with Crippen molar-refractivity contribution < 1.29 is 29.2 Å². The van der Waals surface area contributed by atoms with Gasteiger partial charge in [0.15, 0.2) is 0 Å². The Morgan fingerprint density at radius 2 is 2.00 bits per heavy atom. The van der Waals surface area contributed by atoms with E-state index in [1.54, 1.807) is 0 Å². The summed E-state index contributed by atoms with van der Waals surface area (Å²) in [6.45, 7) is 2.45. The molecule has 28 heavy (non-hydrogen) atoms. The molecule has 1 fully saturated rings. The molecule has 2 heterocycles. The summed E-state index contributed by atoms with van der Waals surface area (Å²) in [7, 11) is 0. The van der Waals surface area contributed by atoms with Crippen molar-refractivity contribution in [2.45, 2.75) is 13.0 Å². The summed E-state index contributed by atoms with van der Waals surface area (Å²) in [6.07, 6.45) is 0. The second-order valence-corrected chi connectivity index (χ2v) is 6.40. The number of nitrogens with zero attached hydrogens (tertiary/aromatic N) is 4. The molecule has 4 amide bonds. The minimum absolute atomic E-state index is 0.0278. The number of carbonyl (C=O) groups is 3. The third-order valence-corrected chi connectivity index (χ3v) is 4.70. The van der Waals surface area contributed by atoms with Crippen LogP contribution in [-0.4, -0.2) is 69.9 Å². The van der Waals surface area contributed by atoms with Crippen molar-refractivity contribution in [3.63, 3.8) is 0 Å². The Hall–Kier alpha value is -3.34. The second-order valence-electron chi connectivity index (χ2n) is 6.40. The Morgan fingerprint density at radius 3 is 2.61 bits per heavy atom. The lowest BCUT2D eigenvalue weighted by Gasteiger charge is -2.39. The predicted molar refractivity (Wildman–Crippen MR) is 95.1 cm³/mol. The van der Waals surface area contributed by atoms with E-state index < -0.39 is 34.9 Å². The zero-order chi connectivity index (χ0) is 20.4. The number of hydrogen-bond acceptors (Lipinski definition) is 6. The fourth-order valence-electron chi connectivity index (χ4n) is 3.36. The molecule has 0 aromatic heterocycles. The molecule has 0 bridgehead atoms. The molecule has 0 saturated carbocycles. The molecule has 2 aliphatic heterocycles. The molecule has 0 radical (unpaired) electrons. The monoisotopic (exact) mass is 390 g/mol. The number of amides is 4. The first kappa shape index (κ1) is 19.4. The Balaban J connectivity index is 2.10. The van der Waals surface area contributed by atoms with Gasteiger partial charge in [-0.1, -0.05) is 12.1 Å². The maximum atomic E-state index is 13.0. The van der Waals surface area contributed by atoms with Crippen molar-refractivity contribution in [2.24, 2.45) is 10.9 Å². The van der Waals surface area contributed by atoms with Gasteiger partial charge >= 0.3 is 18.0 Å². The fraction of sp³-hybridized carbons (Fsp3) is 0.412. The molecule has 11 nitrogen and oxygen atoms in total. The van der Waals surface area contributed by atoms with Gasteiger partial charge in [-0.25, -0.2) is 19.5 Å². The average molecular weight is 390 g/mol. The van der Waals surface area contributed by atoms with E-state index in [4.69, 9.17) is 4.74 Å². The van der Waals surface area contributed by atoms with Crippen molar-refractivity contribution in [1.82, 2.24) is 9.80 Å². The van der Waals surface area contributed by atoms with E-state index in [1.165, 1.54) is 36.1 Å². The summed E-state index contributed by atoms with van der Waals surface area (Å²) in [5.41, 5.74) is -0.0705. The van der Waals surface area contributed by atoms with E-state index in [0.29, 0.717) is 13.2 Å². The quantitative estimate of drug-likeness (QED) is 0.611. The van der Waals surface area contributed by atoms with Gasteiger partial charge in [-0.15, -0.1) is 0 Å². The van der Waals surface area contributed by atoms with Crippen molar-refractivity contribution in [3.05, 3.63) is 39.9 Å². The van der Waals surface area contributed by atoms with Crippen LogP contribution in [0.2, 0.25) is 0 Å². The van der Waals surface area contributed by atoms with Gasteiger partial charge in [-0.05, 0) is 12.5 Å². The number of rotatable bonds is 3. The van der Waals surface area contributed by atoms with Gasteiger partial charge < -0.3 is 14.7 Å². The van der Waals surface area contributed by atoms with Crippen LogP contribution in [0.4, 0.5) is 15.3 Å². The fourth-order valence-corrected chi connectivity index (χ4v) is 3.36. The summed E-state index contributed by atoms with van der Waals surface area (Å²) in [6, 6.07) is 2.41. The van der Waals surface area contributed by atoms with Crippen LogP contribution in [0.1, 0.15) is 18.5 Å². The molecule has 1 aromatic carbocycles. The number of nitro benzene ring substituents is 1. The van der Waals surface area contributed by atoms with E-state index in [0.717, 1.165) is 4.90 Å². The van der Waals surface area contributed by atoms with Crippen molar-refractivity contribution in [3.8, 4) is 0 Å². The number of aliphatic carboxylic acids is 1. The molecule has 2 aliphatic rings. The zero-order valence-corrected chi connectivity index (χ0v) is 15.0. The molecule has 148 valence electrons. The molecule has 3 rings (SSSR count). The molecular weight excluding hydrogens is 372 g/mol. The highest BCUT2D eigenvalue weighted by Crippen LogP contribution is 2.36. The Kier molecular flexibility index (Phi) is 5.36. The number of carbonyl (C=O) groups excluding carboxylic acids is 2. The Labute approximate surface area is 159 Å². The number of carboxylic acids is 1. The molecule has 1 aromatic rings. The highest BCUT2D eigenvalue weighted by atomic mass is 16.6. The standard InChI is InChI=1S/C17H18N4O7/c1-10-13(15(22)23)14(11-3-2-4-12(9-11)21(26)27)20(16(24)18-10)17(25)19-5-7-28-8-6-19/h2-4,9,13-14H,5-8H2,1H3,(H,22,23). The summed E-state index contributed by atoms with van der Waals surface area (Å²) >= 11 is 0. The van der Waals surface area contributed by atoms with Crippen LogP contribution in [-0.2, 0) is 9.53 Å². The lowest BCUT2D eigenvalue weighted by Crippen LogP contribution is -2.55. The lowest BCUT2D eigenvalue weighted by atomic mass is 9.87. The van der Waals surface area contributed by atoms with E-state index in [1.807, 2.05) is 0 Å². The average Bonchev–Trinajstić information content (AvgIpc) is 2.67. The lowest BCUT2D eigenvalue weighted by molar-refractivity contribution is -0.385. The van der Waals surface area contributed by atoms with Gasteiger partial charge in [0.1, 0.15) is 5.92 Å². The molecule has 1 N–H and O–H groups in total. The normalized spacial score (nSPS) is 22.6. The summed E-state index contributed by atoms with van der Waals surface area (Å²) in [5, 5.41) is 20.9. The largest absolute Gasteiger partial charge is 0.481 e. The number of nitro groups is 1. The van der Waals surface area contributed by atoms with E-state index >= 15 is 0 Å². The SMILES string of the molecule is CC1=NC(=O)N(C(=O)N2CCOCC2)C(c2cccc([N+](=O)[O-])c2)C1C(=O)O. The highest BCUT2D eigenvalue weighted by Gasteiger charge is 2.46. The maximum absolute atomic E-state index is 13.0. The van der Waals surface area contributed by atoms with Crippen LogP contribution in [0.15, 0.2) is 29.3 Å². The number of benzene rings is 1. The zero-order valence-electron chi connectivity index (χ0n) is 15.0. The third-order valence-electron chi connectivity index (χ3n) is 4.70. The van der Waals surface area contributed by atoms with E-state index in [2.05, 4.69) is 4.99 Å². The van der Waals surface area contributed by atoms with Gasteiger partial charge in [0.05, 0.1) is 24.2 Å². The first-order valence-corrected chi connectivity index (χ1v) is 8.53. The Bertz CT molecular complexity index is 863. The predicted octanol–water partition coefficient (Wildman–Crippen LogP) is 1.69. The topological polar surface area (TPSA) is 143 Å². The number of non-ortho nitro benzene ring substituents is 1. The van der Waals surface area contributed by atoms with Crippen LogP contribution in [0.25, 0.3) is 0 Å². The molecule has 1 saturated heterocycles. The van der Waals surface area contributed by atoms with Crippen molar-refractivity contribution >= 4 is 29.4 Å². The van der Waals surface area contributed by atoms with E-state index in [9.17, 15) is 29.6 Å². The summed E-state index contributed by atoms with van der Waals surface area (Å²) < 4.78 is 5.20. The molecule has 11 heteroatoms. The summed E-state index contributed by atoms with van der Waals surface area (Å²) in [5.74, 6) is -2.60. The molecule has 2 atom stereocenters. The van der Waals surface area contributed by atoms with Gasteiger partial charge in [-0.2, -0.15) is 0 Å². The number of imide groups is 1. The number of aliphatic imine (C=N–C) groups is 1. The van der Waals surface area contributed by atoms with Crippen LogP contribution >= 0.6 is 0 Å². The van der Waals surface area contributed by atoms with Crippen LogP contribution in [0, 0.1) is 16.0 Å². The molecule has 0 spiro atoms. The first-order valence-electron chi connectivity index (χ1n) is 8.53. The second kappa shape index (κ2) is 7.72. The minimum Gasteiger partial charge on any atom is -0.481 e. The molecule has 2 unspecified atom stereocenters. The third kappa shape index (κ3) is 3.56. The van der Waals surface area contributed by atoms with Gasteiger partial charge in [0, 0.05) is 30.9 Å². The van der Waals surface area contributed by atoms with Gasteiger partial charge in [0.2, 0.25) is 0 Å². The number of carboxylic acid groups (broad SMARTS) is 1. The minimum atomic E-state index is -1.32. The highest BCUT2D eigenvalue weighted by molar-refractivity contribution is 6.11. The Morgan fingerprint density at radius 1 is 1.32 bits per heavy atom. The van der Waals surface area contributed by atoms with Gasteiger partial charge in [0.25, 0.3) is 5.69 Å². The molecular formula is C17H18N4O7. The van der Waals surface area contributed by atoms with Crippen LogP contribution in [0.3, 0.4) is 0 Å². The van der Waals surface area contributed by atoms with Crippen LogP contribution in [0.5, 0.6) is 0 Å². The number of urea groups is 2. The first-order chi connectivity index (χ1) is 13.3. The smallest absolute Gasteiger partial charge is 0.352 e. The number of morpholine rings is 1. The van der Waals surface area contributed by atoms with E-state index in [-0.39, 0.29) is 30.1 Å². The number of hydrogen-bond donors (Lipinski definition) is 1. The maximum Gasteiger partial charge on any atom is 0.352 e. The van der Waals surface area contributed by atoms with Gasteiger partial charge in [-0.3, -0.25) is 14.9 Å². The van der Waals surface area contributed by atoms with Crippen LogP contribution < -0.4 is 0 Å².